The number of rotatable bonds is 6. The van der Waals surface area contributed by atoms with Gasteiger partial charge in [-0.15, -0.1) is 0 Å². The molecule has 0 aliphatic carbocycles. The number of hydrogen-bond acceptors (Lipinski definition) is 2. The molecule has 0 amide bonds. The minimum absolute atomic E-state index is 0.175. The molecule has 0 radical (unpaired) electrons. The van der Waals surface area contributed by atoms with Gasteiger partial charge in [0.05, 0.1) is 0 Å². The van der Waals surface area contributed by atoms with E-state index >= 15 is 0 Å². The highest BCUT2D eigenvalue weighted by Crippen LogP contribution is 2.17. The third-order valence-electron chi connectivity index (χ3n) is 3.53. The minimum Gasteiger partial charge on any atom is -0.294 e. The van der Waals surface area contributed by atoms with E-state index in [4.69, 9.17) is 0 Å². The fraction of sp³-hybridized carbons (Fsp3) is 0.455. The van der Waals surface area contributed by atoms with Gasteiger partial charge < -0.3 is 0 Å². The molecule has 0 fully saturated rings. The van der Waals surface area contributed by atoms with E-state index < -0.39 is 0 Å². The number of carbonyl (C=O) groups excluding carboxylic acids is 1. The third-order valence-corrected chi connectivity index (χ3v) is 3.53. The van der Waals surface area contributed by atoms with Crippen molar-refractivity contribution < 1.29 is 4.79 Å². The van der Waals surface area contributed by atoms with Gasteiger partial charge in [0.25, 0.3) is 0 Å². The fourth-order valence-corrected chi connectivity index (χ4v) is 2.53. The van der Waals surface area contributed by atoms with Crippen molar-refractivity contribution in [1.82, 2.24) is 4.98 Å². The number of benzene rings is 1. The van der Waals surface area contributed by atoms with E-state index in [0.717, 1.165) is 36.1 Å². The summed E-state index contributed by atoms with van der Waals surface area (Å²) in [7, 11) is 0. The Hall–Kier alpha value is -1.96. The van der Waals surface area contributed by atoms with Crippen molar-refractivity contribution >= 4 is 5.78 Å². The van der Waals surface area contributed by atoms with E-state index in [-0.39, 0.29) is 5.78 Å². The zero-order chi connectivity index (χ0) is 18.4. The number of hydrogen-bond donors (Lipinski definition) is 0. The highest BCUT2D eigenvalue weighted by Gasteiger charge is 2.12. The molecule has 0 saturated heterocycles. The van der Waals surface area contributed by atoms with Crippen LogP contribution in [0, 0.1) is 0 Å². The van der Waals surface area contributed by atoms with Gasteiger partial charge in [0.15, 0.2) is 5.78 Å². The van der Waals surface area contributed by atoms with E-state index in [9.17, 15) is 4.79 Å². The van der Waals surface area contributed by atoms with E-state index in [1.807, 2.05) is 70.3 Å². The van der Waals surface area contributed by atoms with Gasteiger partial charge >= 0.3 is 0 Å². The van der Waals surface area contributed by atoms with E-state index in [1.54, 1.807) is 0 Å². The number of ketones is 1. The molecule has 1 aromatic carbocycles. The number of nitrogens with zero attached hydrogens (tertiary/aromatic N) is 1. The van der Waals surface area contributed by atoms with Crippen LogP contribution in [0.5, 0.6) is 0 Å². The van der Waals surface area contributed by atoms with Crippen LogP contribution in [0.3, 0.4) is 0 Å². The lowest BCUT2D eigenvalue weighted by Crippen LogP contribution is -2.08. The van der Waals surface area contributed by atoms with Gasteiger partial charge in [-0.1, -0.05) is 78.3 Å². The van der Waals surface area contributed by atoms with Crippen LogP contribution in [0.1, 0.15) is 75.1 Å². The molecule has 0 N–H and O–H groups in total. The Balaban J connectivity index is 0.00000123. The zero-order valence-electron chi connectivity index (χ0n) is 16.2. The van der Waals surface area contributed by atoms with Gasteiger partial charge in [-0.3, -0.25) is 9.78 Å². The lowest BCUT2D eigenvalue weighted by atomic mass is 9.95. The zero-order valence-corrected chi connectivity index (χ0v) is 16.2. The summed E-state index contributed by atoms with van der Waals surface area (Å²) in [5.41, 5.74) is 4.30. The quantitative estimate of drug-likeness (QED) is 0.602. The molecule has 2 heteroatoms. The van der Waals surface area contributed by atoms with Gasteiger partial charge in [0.1, 0.15) is 0 Å². The Morgan fingerprint density at radius 1 is 0.958 bits per heavy atom. The Labute approximate surface area is 148 Å². The monoisotopic (exact) mass is 327 g/mol. The van der Waals surface area contributed by atoms with Crippen molar-refractivity contribution in [2.24, 2.45) is 0 Å². The molecule has 1 aromatic heterocycles. The second-order valence-electron chi connectivity index (χ2n) is 4.96. The van der Waals surface area contributed by atoms with Crippen molar-refractivity contribution in [1.29, 1.82) is 0 Å². The van der Waals surface area contributed by atoms with Gasteiger partial charge in [-0.05, 0) is 30.0 Å². The third kappa shape index (κ3) is 6.66. The van der Waals surface area contributed by atoms with E-state index in [1.165, 1.54) is 5.56 Å². The molecular weight excluding hydrogens is 294 g/mol. The maximum absolute atomic E-state index is 12.3. The van der Waals surface area contributed by atoms with Crippen LogP contribution in [0.25, 0.3) is 0 Å². The Morgan fingerprint density at radius 2 is 1.58 bits per heavy atom. The molecule has 2 nitrogen and oxygen atoms in total. The molecule has 132 valence electrons. The summed E-state index contributed by atoms with van der Waals surface area (Å²) in [4.78, 5) is 16.8. The lowest BCUT2D eigenvalue weighted by Gasteiger charge is -2.11. The first-order valence-electron chi connectivity index (χ1n) is 9.30. The number of aryl methyl sites for hydroxylation is 1. The van der Waals surface area contributed by atoms with Gasteiger partial charge in [-0.25, -0.2) is 0 Å². The van der Waals surface area contributed by atoms with Gasteiger partial charge in [0.2, 0.25) is 0 Å². The van der Waals surface area contributed by atoms with Crippen LogP contribution in [0.4, 0.5) is 0 Å². The molecule has 2 aromatic rings. The summed E-state index contributed by atoms with van der Waals surface area (Å²) in [5.74, 6) is 0.175. The average molecular weight is 328 g/mol. The van der Waals surface area contributed by atoms with Crippen LogP contribution in [-0.2, 0) is 19.3 Å². The predicted molar refractivity (Wildman–Crippen MR) is 105 cm³/mol. The normalized spacial score (nSPS) is 9.25. The summed E-state index contributed by atoms with van der Waals surface area (Å²) >= 11 is 0. The fourth-order valence-electron chi connectivity index (χ4n) is 2.53. The summed E-state index contributed by atoms with van der Waals surface area (Å²) in [6, 6.07) is 11.5. The Kier molecular flexibility index (Phi) is 12.4. The number of aromatic nitrogens is 1. The van der Waals surface area contributed by atoms with Crippen LogP contribution in [-0.4, -0.2) is 10.8 Å². The second-order valence-corrected chi connectivity index (χ2v) is 4.96. The first-order valence-corrected chi connectivity index (χ1v) is 9.30. The van der Waals surface area contributed by atoms with Crippen molar-refractivity contribution in [2.75, 3.05) is 0 Å². The summed E-state index contributed by atoms with van der Waals surface area (Å²) in [6.07, 6.45) is 5.29. The highest BCUT2D eigenvalue weighted by molar-refractivity contribution is 5.97. The van der Waals surface area contributed by atoms with Crippen molar-refractivity contribution in [3.8, 4) is 0 Å². The largest absolute Gasteiger partial charge is 0.294 e. The first-order chi connectivity index (χ1) is 11.8. The SMILES string of the molecule is CC.CC.CCCc1nccc(CC(=O)c2ccccc2)c1CC. The highest BCUT2D eigenvalue weighted by atomic mass is 16.1. The maximum Gasteiger partial charge on any atom is 0.167 e. The van der Waals surface area contributed by atoms with Crippen LogP contribution in [0.2, 0.25) is 0 Å². The molecule has 2 rings (SSSR count). The second kappa shape index (κ2) is 13.5. The van der Waals surface area contributed by atoms with Crippen LogP contribution >= 0.6 is 0 Å². The van der Waals surface area contributed by atoms with Crippen molar-refractivity contribution in [3.63, 3.8) is 0 Å². The molecule has 0 saturated carbocycles. The molecule has 24 heavy (non-hydrogen) atoms. The predicted octanol–water partition coefficient (Wildman–Crippen LogP) is 6.07. The van der Waals surface area contributed by atoms with Gasteiger partial charge in [0, 0.05) is 23.9 Å². The Morgan fingerprint density at radius 3 is 2.12 bits per heavy atom. The van der Waals surface area contributed by atoms with E-state index in [2.05, 4.69) is 18.8 Å². The minimum atomic E-state index is 0.175. The smallest absolute Gasteiger partial charge is 0.167 e. The maximum atomic E-state index is 12.3. The summed E-state index contributed by atoms with van der Waals surface area (Å²) < 4.78 is 0. The first kappa shape index (κ1) is 22.0. The molecule has 0 unspecified atom stereocenters. The number of carbonyl (C=O) groups is 1. The lowest BCUT2D eigenvalue weighted by molar-refractivity contribution is 0.0992. The summed E-state index contributed by atoms with van der Waals surface area (Å²) in [6.45, 7) is 12.3. The average Bonchev–Trinajstić information content (AvgIpc) is 2.66. The molecule has 0 atom stereocenters. The number of Topliss-reactive ketones (excluding diaryl/α,β-unsaturated/α-hetero) is 1. The standard InChI is InChI=1S/C18H21NO.2C2H6/c1-3-8-17-16(4-2)15(11-12-19-17)13-18(20)14-9-6-5-7-10-14;2*1-2/h5-7,9-12H,3-4,8,13H2,1-2H3;2*1-2H3. The topological polar surface area (TPSA) is 30.0 Å². The van der Waals surface area contributed by atoms with Gasteiger partial charge in [-0.2, -0.15) is 0 Å². The molecule has 1 heterocycles. The molecule has 0 aliphatic rings. The van der Waals surface area contributed by atoms with Crippen LogP contribution in [0.15, 0.2) is 42.6 Å². The molecule has 0 aliphatic heterocycles. The number of pyridine rings is 1. The van der Waals surface area contributed by atoms with Crippen molar-refractivity contribution in [2.45, 2.75) is 67.2 Å². The van der Waals surface area contributed by atoms with Crippen LogP contribution < -0.4 is 0 Å². The molecule has 0 spiro atoms. The molecular formula is C22H33NO. The van der Waals surface area contributed by atoms with Crippen molar-refractivity contribution in [3.05, 3.63) is 65.0 Å². The molecule has 0 bridgehead atoms. The van der Waals surface area contributed by atoms with E-state index in [0.29, 0.717) is 6.42 Å². The Bertz CT molecular complexity index is 576. The summed E-state index contributed by atoms with van der Waals surface area (Å²) in [5, 5.41) is 0.